The van der Waals surface area contributed by atoms with Crippen LogP contribution in [0.4, 0.5) is 10.5 Å². The van der Waals surface area contributed by atoms with Gasteiger partial charge in [0.25, 0.3) is 0 Å². The summed E-state index contributed by atoms with van der Waals surface area (Å²) in [4.78, 5) is 23.8. The second-order valence-corrected chi connectivity index (χ2v) is 8.36. The van der Waals surface area contributed by atoms with E-state index in [4.69, 9.17) is 22.1 Å². The molecule has 1 fully saturated rings. The van der Waals surface area contributed by atoms with E-state index in [1.807, 2.05) is 25.6 Å². The minimum absolute atomic E-state index is 0.135. The highest BCUT2D eigenvalue weighted by atomic mass is 35.5. The lowest BCUT2D eigenvalue weighted by atomic mass is 9.98. The molecular weight excluding hydrogens is 406 g/mol. The Morgan fingerprint density at radius 2 is 2.13 bits per heavy atom. The number of imidazole rings is 1. The maximum Gasteiger partial charge on any atom is 0.404 e. The molecule has 2 aliphatic carbocycles. The number of primary amides is 1. The second-order valence-electron chi connectivity index (χ2n) is 7.95. The molecule has 3 heterocycles. The first kappa shape index (κ1) is 18.9. The maximum atomic E-state index is 11.4. The molecule has 3 aromatic rings. The average Bonchev–Trinajstić information content (AvgIpc) is 3.43. The predicted molar refractivity (Wildman–Crippen MR) is 113 cm³/mol. The summed E-state index contributed by atoms with van der Waals surface area (Å²) in [6.45, 7) is 3.94. The number of pyridine rings is 1. The number of nitrogens with two attached hydrogens (primary N) is 1. The van der Waals surface area contributed by atoms with Gasteiger partial charge in [0.05, 0.1) is 34.2 Å². The molecule has 0 saturated heterocycles. The lowest BCUT2D eigenvalue weighted by Gasteiger charge is -2.29. The first-order chi connectivity index (χ1) is 14.3. The third-order valence-electron chi connectivity index (χ3n) is 6.17. The van der Waals surface area contributed by atoms with Gasteiger partial charge in [-0.1, -0.05) is 23.8 Å². The molecule has 0 unspecified atom stereocenters. The van der Waals surface area contributed by atoms with Crippen molar-refractivity contribution >= 4 is 34.5 Å². The topological polar surface area (TPSA) is 124 Å². The molecule has 5 rings (SSSR count). The third-order valence-corrected chi connectivity index (χ3v) is 6.46. The largest absolute Gasteiger partial charge is 0.444 e. The average molecular weight is 428 g/mol. The number of halogens is 1. The molecule has 30 heavy (non-hydrogen) atoms. The zero-order valence-electron chi connectivity index (χ0n) is 16.8. The van der Waals surface area contributed by atoms with Gasteiger partial charge >= 0.3 is 6.09 Å². The van der Waals surface area contributed by atoms with Crippen LogP contribution in [0.1, 0.15) is 17.8 Å². The summed E-state index contributed by atoms with van der Waals surface area (Å²) in [5, 5.41) is 8.42. The van der Waals surface area contributed by atoms with E-state index in [2.05, 4.69) is 37.5 Å². The molecule has 4 N–H and O–H groups in total. The quantitative estimate of drug-likeness (QED) is 0.549. The number of hydrogen-bond donors (Lipinski definition) is 3. The highest BCUT2D eigenvalue weighted by Gasteiger charge is 2.47. The zero-order chi connectivity index (χ0) is 21.2. The van der Waals surface area contributed by atoms with E-state index in [-0.39, 0.29) is 24.0 Å². The van der Waals surface area contributed by atoms with Crippen molar-refractivity contribution in [2.45, 2.75) is 32.4 Å². The normalized spacial score (nSPS) is 24.7. The number of fused-ring (bicyclic) bond motifs is 3. The van der Waals surface area contributed by atoms with Crippen molar-refractivity contribution in [1.82, 2.24) is 24.7 Å². The Labute approximate surface area is 177 Å². The van der Waals surface area contributed by atoms with E-state index in [9.17, 15) is 4.79 Å². The predicted octanol–water partition coefficient (Wildman–Crippen LogP) is 3.08. The van der Waals surface area contributed by atoms with Gasteiger partial charge in [0, 0.05) is 24.6 Å². The molecule has 3 aromatic heterocycles. The molecule has 9 nitrogen and oxygen atoms in total. The summed E-state index contributed by atoms with van der Waals surface area (Å²) in [6, 6.07) is -0.135. The Balaban J connectivity index is 1.56. The lowest BCUT2D eigenvalue weighted by molar-refractivity contribution is 0.0854. The summed E-state index contributed by atoms with van der Waals surface area (Å²) < 4.78 is 7.24. The number of rotatable bonds is 4. The van der Waals surface area contributed by atoms with Crippen molar-refractivity contribution in [2.24, 2.45) is 24.6 Å². The maximum absolute atomic E-state index is 11.4. The van der Waals surface area contributed by atoms with E-state index in [0.29, 0.717) is 27.7 Å². The Bertz CT molecular complexity index is 1200. The van der Waals surface area contributed by atoms with Crippen LogP contribution in [0.5, 0.6) is 0 Å². The van der Waals surface area contributed by atoms with Gasteiger partial charge in [-0.05, 0) is 20.3 Å². The number of hydrogen-bond acceptors (Lipinski definition) is 6. The Morgan fingerprint density at radius 1 is 1.37 bits per heavy atom. The summed E-state index contributed by atoms with van der Waals surface area (Å²) in [5.41, 5.74) is 10.1. The highest BCUT2D eigenvalue weighted by molar-refractivity contribution is 6.34. The number of carbonyl (C=O) groups excluding carboxylic acids is 1. The van der Waals surface area contributed by atoms with Gasteiger partial charge in [0.2, 0.25) is 0 Å². The van der Waals surface area contributed by atoms with Crippen molar-refractivity contribution in [3.63, 3.8) is 0 Å². The van der Waals surface area contributed by atoms with Crippen molar-refractivity contribution in [3.8, 4) is 11.4 Å². The number of H-pyrrole nitrogens is 1. The molecular formula is C20H22ClN7O2. The molecule has 156 valence electrons. The number of anilines is 1. The van der Waals surface area contributed by atoms with Gasteiger partial charge in [0.1, 0.15) is 17.4 Å². The van der Waals surface area contributed by atoms with Crippen LogP contribution >= 0.6 is 11.6 Å². The van der Waals surface area contributed by atoms with Crippen molar-refractivity contribution in [3.05, 3.63) is 34.8 Å². The Kier molecular flexibility index (Phi) is 4.25. The SMILES string of the molecule is Cc1nn(C)c(C)c1-c1nc2ncc(Cl)c(N[C@H]3[C@@H](OC(N)=O)[C@@H]4C=C[C@H]3C4)c2[nH]1. The molecule has 0 radical (unpaired) electrons. The molecule has 10 heteroatoms. The fourth-order valence-electron chi connectivity index (χ4n) is 4.74. The van der Waals surface area contributed by atoms with E-state index in [0.717, 1.165) is 23.4 Å². The van der Waals surface area contributed by atoms with Crippen LogP contribution in [-0.4, -0.2) is 43.0 Å². The standard InChI is InChI=1S/C20H22ClN7O2/c1-8-13(9(2)28(3)27-8)18-25-16-15(12(21)7-23-19(16)26-18)24-14-10-4-5-11(6-10)17(14)30-20(22)29/h4-5,7,10-11,14,17H,6H2,1-3H3,(H2,22,29)(H2,23,24,25,26)/t10-,11+,14+,17-/m0/s1. The number of ether oxygens (including phenoxy) is 1. The first-order valence-electron chi connectivity index (χ1n) is 9.79. The minimum Gasteiger partial charge on any atom is -0.444 e. The van der Waals surface area contributed by atoms with Gasteiger partial charge in [-0.25, -0.2) is 14.8 Å². The Hall–Kier alpha value is -3.07. The van der Waals surface area contributed by atoms with Crippen LogP contribution in [0.3, 0.4) is 0 Å². The minimum atomic E-state index is -0.773. The van der Waals surface area contributed by atoms with Crippen LogP contribution in [0.25, 0.3) is 22.6 Å². The number of aryl methyl sites for hydroxylation is 2. The van der Waals surface area contributed by atoms with Crippen molar-refractivity contribution in [2.75, 3.05) is 5.32 Å². The molecule has 1 amide bonds. The lowest BCUT2D eigenvalue weighted by Crippen LogP contribution is -2.41. The number of amides is 1. The number of aromatic nitrogens is 5. The number of aromatic amines is 1. The summed E-state index contributed by atoms with van der Waals surface area (Å²) in [5.74, 6) is 1.06. The molecule has 0 spiro atoms. The van der Waals surface area contributed by atoms with E-state index in [1.165, 1.54) is 0 Å². The smallest absolute Gasteiger partial charge is 0.404 e. The van der Waals surface area contributed by atoms with Gasteiger partial charge in [-0.2, -0.15) is 5.10 Å². The van der Waals surface area contributed by atoms with Crippen molar-refractivity contribution < 1.29 is 9.53 Å². The van der Waals surface area contributed by atoms with Crippen LogP contribution in [-0.2, 0) is 11.8 Å². The third kappa shape index (κ3) is 2.84. The molecule has 0 aromatic carbocycles. The van der Waals surface area contributed by atoms with Gasteiger partial charge in [-0.3, -0.25) is 4.68 Å². The monoisotopic (exact) mass is 427 g/mol. The molecule has 2 aliphatic rings. The first-order valence-corrected chi connectivity index (χ1v) is 10.2. The van der Waals surface area contributed by atoms with Crippen LogP contribution < -0.4 is 11.1 Å². The van der Waals surface area contributed by atoms with Crippen LogP contribution in [0.15, 0.2) is 18.3 Å². The summed E-state index contributed by atoms with van der Waals surface area (Å²) >= 11 is 6.52. The molecule has 4 atom stereocenters. The van der Waals surface area contributed by atoms with E-state index >= 15 is 0 Å². The zero-order valence-corrected chi connectivity index (χ0v) is 17.6. The van der Waals surface area contributed by atoms with Gasteiger partial charge in [-0.15, -0.1) is 0 Å². The number of carbonyl (C=O) groups is 1. The highest BCUT2D eigenvalue weighted by Crippen LogP contribution is 2.44. The summed E-state index contributed by atoms with van der Waals surface area (Å²) in [7, 11) is 1.90. The van der Waals surface area contributed by atoms with Crippen LogP contribution in [0, 0.1) is 25.7 Å². The van der Waals surface area contributed by atoms with Gasteiger partial charge < -0.3 is 20.8 Å². The Morgan fingerprint density at radius 3 is 2.83 bits per heavy atom. The van der Waals surface area contributed by atoms with Gasteiger partial charge in [0.15, 0.2) is 5.65 Å². The molecule has 1 saturated carbocycles. The second kappa shape index (κ2) is 6.73. The fourth-order valence-corrected chi connectivity index (χ4v) is 4.93. The number of nitrogens with zero attached hydrogens (tertiary/aromatic N) is 4. The fraction of sp³-hybridized carbons (Fsp3) is 0.400. The molecule has 0 aliphatic heterocycles. The number of nitrogens with one attached hydrogen (secondary N) is 2. The van der Waals surface area contributed by atoms with Crippen molar-refractivity contribution in [1.29, 1.82) is 0 Å². The summed E-state index contributed by atoms with van der Waals surface area (Å²) in [6.07, 6.45) is 5.60. The van der Waals surface area contributed by atoms with Crippen LogP contribution in [0.2, 0.25) is 5.02 Å². The molecule has 2 bridgehead atoms. The van der Waals surface area contributed by atoms with E-state index < -0.39 is 6.09 Å². The van der Waals surface area contributed by atoms with E-state index in [1.54, 1.807) is 6.20 Å².